The highest BCUT2D eigenvalue weighted by molar-refractivity contribution is 9.10. The lowest BCUT2D eigenvalue weighted by atomic mass is 10.1. The van der Waals surface area contributed by atoms with Crippen LogP contribution in [-0.4, -0.2) is 12.6 Å². The Morgan fingerprint density at radius 3 is 2.68 bits per heavy atom. The average Bonchev–Trinajstić information content (AvgIpc) is 2.49. The van der Waals surface area contributed by atoms with Crippen LogP contribution in [0.25, 0.3) is 6.08 Å². The van der Waals surface area contributed by atoms with E-state index in [1.165, 1.54) is 5.56 Å². The fourth-order valence-corrected chi connectivity index (χ4v) is 2.31. The van der Waals surface area contributed by atoms with Crippen molar-refractivity contribution in [1.82, 2.24) is 10.6 Å². The van der Waals surface area contributed by atoms with Gasteiger partial charge >= 0.3 is 6.03 Å². The Balaban J connectivity index is 1.70. The quantitative estimate of drug-likeness (QED) is 0.782. The van der Waals surface area contributed by atoms with E-state index >= 15 is 0 Å². The molecule has 0 heterocycles. The molecule has 0 unspecified atom stereocenters. The molecule has 0 bridgehead atoms. The number of amides is 2. The van der Waals surface area contributed by atoms with Crippen molar-refractivity contribution in [2.75, 3.05) is 6.54 Å². The molecule has 0 saturated heterocycles. The molecule has 0 radical (unpaired) electrons. The summed E-state index contributed by atoms with van der Waals surface area (Å²) in [5.41, 5.74) is 2.11. The van der Waals surface area contributed by atoms with Crippen molar-refractivity contribution in [1.29, 1.82) is 0 Å². The molecule has 2 aromatic rings. The number of urea groups is 1. The molecule has 2 N–H and O–H groups in total. The SMILES string of the molecule is O=C(N/C=C/c1cccc(Cl)c1)NCCc1ccc(Br)cc1. The Morgan fingerprint density at radius 2 is 1.95 bits per heavy atom. The molecule has 0 aliphatic rings. The van der Waals surface area contributed by atoms with Crippen LogP contribution in [0.4, 0.5) is 4.79 Å². The van der Waals surface area contributed by atoms with Crippen molar-refractivity contribution in [3.05, 3.63) is 75.4 Å². The van der Waals surface area contributed by atoms with Crippen molar-refractivity contribution in [3.8, 4) is 0 Å². The van der Waals surface area contributed by atoms with Crippen LogP contribution in [-0.2, 0) is 6.42 Å². The van der Waals surface area contributed by atoms with Gasteiger partial charge in [0.1, 0.15) is 0 Å². The second-order valence-electron chi connectivity index (χ2n) is 4.67. The summed E-state index contributed by atoms with van der Waals surface area (Å²) in [6, 6.07) is 15.2. The van der Waals surface area contributed by atoms with Crippen LogP contribution in [0.3, 0.4) is 0 Å². The van der Waals surface area contributed by atoms with Crippen molar-refractivity contribution < 1.29 is 4.79 Å². The molecule has 0 atom stereocenters. The molecular formula is C17H16BrClN2O. The lowest BCUT2D eigenvalue weighted by Crippen LogP contribution is -2.33. The van der Waals surface area contributed by atoms with Crippen LogP contribution in [0, 0.1) is 0 Å². The number of rotatable bonds is 5. The first-order valence-corrected chi connectivity index (χ1v) is 8.01. The third-order valence-corrected chi connectivity index (χ3v) is 3.72. The first-order chi connectivity index (χ1) is 10.6. The van der Waals surface area contributed by atoms with Crippen LogP contribution >= 0.6 is 27.5 Å². The highest BCUT2D eigenvalue weighted by atomic mass is 79.9. The second kappa shape index (κ2) is 8.61. The van der Waals surface area contributed by atoms with Crippen molar-refractivity contribution >= 4 is 39.6 Å². The minimum atomic E-state index is -0.226. The van der Waals surface area contributed by atoms with Crippen molar-refractivity contribution in [2.24, 2.45) is 0 Å². The Labute approximate surface area is 143 Å². The first kappa shape index (κ1) is 16.6. The van der Waals surface area contributed by atoms with Gasteiger partial charge in [0, 0.05) is 22.2 Å². The van der Waals surface area contributed by atoms with Crippen LogP contribution in [0.15, 0.2) is 59.2 Å². The normalized spacial score (nSPS) is 10.6. The van der Waals surface area contributed by atoms with Gasteiger partial charge in [-0.15, -0.1) is 0 Å². The first-order valence-electron chi connectivity index (χ1n) is 6.84. The Bertz CT molecular complexity index is 656. The van der Waals surface area contributed by atoms with Crippen LogP contribution in [0.1, 0.15) is 11.1 Å². The van der Waals surface area contributed by atoms with Crippen molar-refractivity contribution in [3.63, 3.8) is 0 Å². The van der Waals surface area contributed by atoms with Gasteiger partial charge in [-0.05, 0) is 47.9 Å². The molecule has 0 spiro atoms. The number of hydrogen-bond donors (Lipinski definition) is 2. The predicted molar refractivity (Wildman–Crippen MR) is 94.9 cm³/mol. The molecule has 0 saturated carbocycles. The van der Waals surface area contributed by atoms with Gasteiger partial charge in [-0.1, -0.05) is 51.8 Å². The molecule has 0 aliphatic carbocycles. The molecule has 0 fully saturated rings. The zero-order chi connectivity index (χ0) is 15.8. The summed E-state index contributed by atoms with van der Waals surface area (Å²) < 4.78 is 1.05. The molecule has 3 nitrogen and oxygen atoms in total. The summed E-state index contributed by atoms with van der Waals surface area (Å²) in [6.45, 7) is 0.582. The van der Waals surface area contributed by atoms with E-state index in [0.29, 0.717) is 11.6 Å². The monoisotopic (exact) mass is 378 g/mol. The van der Waals surface area contributed by atoms with E-state index < -0.39 is 0 Å². The molecule has 114 valence electrons. The Hall–Kier alpha value is -1.78. The summed E-state index contributed by atoms with van der Waals surface area (Å²) in [5, 5.41) is 6.14. The smallest absolute Gasteiger partial charge is 0.318 e. The van der Waals surface area contributed by atoms with Gasteiger partial charge in [-0.2, -0.15) is 0 Å². The molecule has 0 aliphatic heterocycles. The standard InChI is InChI=1S/C17H16BrClN2O/c18-15-6-4-13(5-7-15)8-10-20-17(22)21-11-9-14-2-1-3-16(19)12-14/h1-7,9,11-12H,8,10H2,(H2,20,21,22)/b11-9+. The highest BCUT2D eigenvalue weighted by Crippen LogP contribution is 2.11. The average molecular weight is 380 g/mol. The topological polar surface area (TPSA) is 41.1 Å². The molecule has 2 amide bonds. The molecular weight excluding hydrogens is 364 g/mol. The maximum absolute atomic E-state index is 11.6. The van der Waals surface area contributed by atoms with E-state index in [4.69, 9.17) is 11.6 Å². The summed E-state index contributed by atoms with van der Waals surface area (Å²) in [6.07, 6.45) is 4.18. The van der Waals surface area contributed by atoms with Gasteiger partial charge < -0.3 is 10.6 Å². The number of carbonyl (C=O) groups excluding carboxylic acids is 1. The summed E-state index contributed by atoms with van der Waals surface area (Å²) in [7, 11) is 0. The number of halogens is 2. The van der Waals surface area contributed by atoms with Gasteiger partial charge in [0.25, 0.3) is 0 Å². The Kier molecular flexibility index (Phi) is 6.49. The number of hydrogen-bond acceptors (Lipinski definition) is 1. The van der Waals surface area contributed by atoms with Crippen LogP contribution < -0.4 is 10.6 Å². The van der Waals surface area contributed by atoms with Gasteiger partial charge in [0.05, 0.1) is 0 Å². The molecule has 2 aromatic carbocycles. The summed E-state index contributed by atoms with van der Waals surface area (Å²) >= 11 is 9.28. The zero-order valence-electron chi connectivity index (χ0n) is 11.9. The van der Waals surface area contributed by atoms with E-state index in [9.17, 15) is 4.79 Å². The van der Waals surface area contributed by atoms with E-state index in [-0.39, 0.29) is 6.03 Å². The lowest BCUT2D eigenvalue weighted by molar-refractivity contribution is 0.244. The zero-order valence-corrected chi connectivity index (χ0v) is 14.2. The second-order valence-corrected chi connectivity index (χ2v) is 6.02. The fourth-order valence-electron chi connectivity index (χ4n) is 1.85. The molecule has 0 aromatic heterocycles. The van der Waals surface area contributed by atoms with E-state index in [0.717, 1.165) is 16.5 Å². The number of carbonyl (C=O) groups is 1. The number of benzene rings is 2. The van der Waals surface area contributed by atoms with Crippen LogP contribution in [0.5, 0.6) is 0 Å². The molecule has 5 heteroatoms. The number of nitrogens with one attached hydrogen (secondary N) is 2. The summed E-state index contributed by atoms with van der Waals surface area (Å²) in [4.78, 5) is 11.6. The van der Waals surface area contributed by atoms with Crippen molar-refractivity contribution in [2.45, 2.75) is 6.42 Å². The van der Waals surface area contributed by atoms with Gasteiger partial charge in [-0.25, -0.2) is 4.79 Å². The van der Waals surface area contributed by atoms with E-state index in [2.05, 4.69) is 26.6 Å². The maximum atomic E-state index is 11.6. The largest absolute Gasteiger partial charge is 0.338 e. The third kappa shape index (κ3) is 5.92. The third-order valence-electron chi connectivity index (χ3n) is 2.95. The van der Waals surface area contributed by atoms with Gasteiger partial charge in [-0.3, -0.25) is 0 Å². The molecule has 2 rings (SSSR count). The van der Waals surface area contributed by atoms with E-state index in [1.54, 1.807) is 18.3 Å². The predicted octanol–water partition coefficient (Wildman–Crippen LogP) is 4.62. The lowest BCUT2D eigenvalue weighted by Gasteiger charge is -2.05. The minimum absolute atomic E-state index is 0.226. The molecule has 22 heavy (non-hydrogen) atoms. The van der Waals surface area contributed by atoms with Gasteiger partial charge in [0.15, 0.2) is 0 Å². The highest BCUT2D eigenvalue weighted by Gasteiger charge is 1.98. The van der Waals surface area contributed by atoms with E-state index in [1.807, 2.05) is 42.5 Å². The fraction of sp³-hybridized carbons (Fsp3) is 0.118. The summed E-state index contributed by atoms with van der Waals surface area (Å²) in [5.74, 6) is 0. The minimum Gasteiger partial charge on any atom is -0.338 e. The Morgan fingerprint density at radius 1 is 1.18 bits per heavy atom. The van der Waals surface area contributed by atoms with Crippen LogP contribution in [0.2, 0.25) is 5.02 Å². The van der Waals surface area contributed by atoms with Gasteiger partial charge in [0.2, 0.25) is 0 Å². The maximum Gasteiger partial charge on any atom is 0.318 e.